The van der Waals surface area contributed by atoms with Gasteiger partial charge in [0.25, 0.3) is 0 Å². The fourth-order valence-electron chi connectivity index (χ4n) is 8.27. The van der Waals surface area contributed by atoms with Gasteiger partial charge in [-0.05, 0) is 109 Å². The molecule has 8 heterocycles. The molecular formula is C44H25N7O. The molecule has 0 N–H and O–H groups in total. The first-order valence-corrected chi connectivity index (χ1v) is 17.2. The van der Waals surface area contributed by atoms with Gasteiger partial charge in [-0.3, -0.25) is 19.9 Å². The van der Waals surface area contributed by atoms with Crippen molar-refractivity contribution in [1.82, 2.24) is 33.6 Å². The molecule has 4 aromatic carbocycles. The molecule has 0 saturated carbocycles. The van der Waals surface area contributed by atoms with E-state index in [1.807, 2.05) is 61.2 Å². The van der Waals surface area contributed by atoms with Gasteiger partial charge in [-0.1, -0.05) is 18.2 Å². The van der Waals surface area contributed by atoms with Crippen molar-refractivity contribution in [3.63, 3.8) is 0 Å². The third-order valence-electron chi connectivity index (χ3n) is 10.4. The monoisotopic (exact) mass is 667 g/mol. The summed E-state index contributed by atoms with van der Waals surface area (Å²) in [5, 5.41) is 4.27. The quantitative estimate of drug-likeness (QED) is 0.187. The van der Waals surface area contributed by atoms with Crippen molar-refractivity contribution in [2.24, 2.45) is 0 Å². The molecule has 0 amide bonds. The SMILES string of the molecule is c1cnc2c(c1)oc1ccc(-n3c4ccc(-n5c6ccc(-n7c8ccccc8c8ncccc87)cc6c6ncccc65)cc4c4ncccc43)cc12. The largest absolute Gasteiger partial charge is 0.454 e. The van der Waals surface area contributed by atoms with Crippen molar-refractivity contribution >= 4 is 87.9 Å². The van der Waals surface area contributed by atoms with E-state index in [1.54, 1.807) is 0 Å². The van der Waals surface area contributed by atoms with Gasteiger partial charge in [0.2, 0.25) is 0 Å². The molecule has 8 aromatic heterocycles. The van der Waals surface area contributed by atoms with E-state index in [9.17, 15) is 0 Å². The zero-order valence-corrected chi connectivity index (χ0v) is 27.5. The highest BCUT2D eigenvalue weighted by Crippen LogP contribution is 2.39. The van der Waals surface area contributed by atoms with Crippen LogP contribution in [-0.2, 0) is 0 Å². The normalized spacial score (nSPS) is 12.2. The summed E-state index contributed by atoms with van der Waals surface area (Å²) in [6.07, 6.45) is 7.41. The lowest BCUT2D eigenvalue weighted by atomic mass is 10.2. The molecule has 12 rings (SSSR count). The van der Waals surface area contributed by atoms with E-state index in [0.717, 1.165) is 105 Å². The number of hydrogen-bond acceptors (Lipinski definition) is 5. The van der Waals surface area contributed by atoms with Gasteiger partial charge >= 0.3 is 0 Å². The fourth-order valence-corrected chi connectivity index (χ4v) is 8.27. The van der Waals surface area contributed by atoms with E-state index >= 15 is 0 Å². The van der Waals surface area contributed by atoms with Crippen LogP contribution in [0.2, 0.25) is 0 Å². The highest BCUT2D eigenvalue weighted by atomic mass is 16.3. The summed E-state index contributed by atoms with van der Waals surface area (Å²) in [6, 6.07) is 44.4. The molecule has 0 unspecified atom stereocenters. The molecule has 0 bridgehead atoms. The van der Waals surface area contributed by atoms with Crippen molar-refractivity contribution in [3.8, 4) is 17.1 Å². The van der Waals surface area contributed by atoms with Crippen LogP contribution in [-0.4, -0.2) is 33.6 Å². The second-order valence-electron chi connectivity index (χ2n) is 13.2. The second-order valence-corrected chi connectivity index (χ2v) is 13.2. The van der Waals surface area contributed by atoms with Gasteiger partial charge in [-0.25, -0.2) is 0 Å². The third-order valence-corrected chi connectivity index (χ3v) is 10.4. The highest BCUT2D eigenvalue weighted by Gasteiger charge is 2.20. The zero-order chi connectivity index (χ0) is 33.9. The van der Waals surface area contributed by atoms with Gasteiger partial charge in [0, 0.05) is 63.4 Å². The first-order valence-electron chi connectivity index (χ1n) is 17.2. The third kappa shape index (κ3) is 3.64. The molecule has 12 aromatic rings. The van der Waals surface area contributed by atoms with Crippen molar-refractivity contribution in [2.45, 2.75) is 0 Å². The standard InChI is InChI=1S/C44H25N7O/c1-2-8-33-29(7-1)41-36(9-3-19-45-41)49(33)26-13-16-34-30(23-26)42-37(10-4-20-46-42)50(34)27-14-17-35-31(24-27)43-38(11-5-21-47-43)51(35)28-15-18-39-32(25-28)44-40(52-39)12-6-22-48-44/h1-25H. The van der Waals surface area contributed by atoms with Crippen LogP contribution in [0.15, 0.2) is 157 Å². The van der Waals surface area contributed by atoms with E-state index in [1.165, 1.54) is 0 Å². The molecule has 0 aliphatic heterocycles. The van der Waals surface area contributed by atoms with Gasteiger partial charge in [0.05, 0.1) is 49.7 Å². The summed E-state index contributed by atoms with van der Waals surface area (Å²) < 4.78 is 13.0. The number of nitrogens with zero attached hydrogens (tertiary/aromatic N) is 7. The van der Waals surface area contributed by atoms with Crippen LogP contribution in [0.3, 0.4) is 0 Å². The Morgan fingerprint density at radius 2 is 0.769 bits per heavy atom. The Bertz CT molecular complexity index is 3380. The predicted octanol–water partition coefficient (Wildman–Crippen LogP) is 10.5. The Morgan fingerprint density at radius 3 is 1.37 bits per heavy atom. The van der Waals surface area contributed by atoms with Gasteiger partial charge in [0.15, 0.2) is 5.58 Å². The van der Waals surface area contributed by atoms with E-state index in [0.29, 0.717) is 0 Å². The van der Waals surface area contributed by atoms with Crippen molar-refractivity contribution in [2.75, 3.05) is 0 Å². The lowest BCUT2D eigenvalue weighted by Gasteiger charge is -2.11. The number of hydrogen-bond donors (Lipinski definition) is 0. The maximum Gasteiger partial charge on any atom is 0.153 e. The van der Waals surface area contributed by atoms with Crippen molar-refractivity contribution in [3.05, 3.63) is 152 Å². The molecular weight excluding hydrogens is 643 g/mol. The van der Waals surface area contributed by atoms with E-state index in [4.69, 9.17) is 19.4 Å². The molecule has 0 atom stereocenters. The molecule has 0 spiro atoms. The zero-order valence-electron chi connectivity index (χ0n) is 27.5. The minimum atomic E-state index is 0.781. The number of fused-ring (bicyclic) bond motifs is 12. The Morgan fingerprint density at radius 1 is 0.327 bits per heavy atom. The summed E-state index contributed by atoms with van der Waals surface area (Å²) in [4.78, 5) is 19.2. The molecule has 8 heteroatoms. The molecule has 0 fully saturated rings. The van der Waals surface area contributed by atoms with Gasteiger partial charge in [-0.15, -0.1) is 0 Å². The highest BCUT2D eigenvalue weighted by molar-refractivity contribution is 6.12. The maximum absolute atomic E-state index is 6.10. The molecule has 52 heavy (non-hydrogen) atoms. The average Bonchev–Trinajstić information content (AvgIpc) is 3.93. The van der Waals surface area contributed by atoms with Crippen molar-refractivity contribution < 1.29 is 4.42 Å². The van der Waals surface area contributed by atoms with Crippen LogP contribution >= 0.6 is 0 Å². The predicted molar refractivity (Wildman–Crippen MR) is 208 cm³/mol. The Labute approximate surface area is 294 Å². The number of furan rings is 1. The van der Waals surface area contributed by atoms with Crippen LogP contribution in [0.1, 0.15) is 0 Å². The summed E-state index contributed by atoms with van der Waals surface area (Å²) in [7, 11) is 0. The van der Waals surface area contributed by atoms with E-state index in [2.05, 4.69) is 110 Å². The smallest absolute Gasteiger partial charge is 0.153 e. The number of benzene rings is 4. The van der Waals surface area contributed by atoms with Crippen molar-refractivity contribution in [1.29, 1.82) is 0 Å². The van der Waals surface area contributed by atoms with Gasteiger partial charge < -0.3 is 18.1 Å². The molecule has 0 aliphatic carbocycles. The van der Waals surface area contributed by atoms with E-state index in [-0.39, 0.29) is 0 Å². The lowest BCUT2D eigenvalue weighted by Crippen LogP contribution is -1.97. The summed E-state index contributed by atoms with van der Waals surface area (Å²) in [5.74, 6) is 0. The summed E-state index contributed by atoms with van der Waals surface area (Å²) in [6.45, 7) is 0. The Kier molecular flexibility index (Phi) is 5.35. The maximum atomic E-state index is 6.10. The van der Waals surface area contributed by atoms with Gasteiger partial charge in [-0.2, -0.15) is 0 Å². The molecule has 0 aliphatic rings. The van der Waals surface area contributed by atoms with Crippen LogP contribution < -0.4 is 0 Å². The fraction of sp³-hybridized carbons (Fsp3) is 0. The molecule has 0 saturated heterocycles. The Balaban J connectivity index is 1.08. The van der Waals surface area contributed by atoms with Crippen LogP contribution in [0.25, 0.3) is 105 Å². The summed E-state index contributed by atoms with van der Waals surface area (Å²) in [5.41, 5.74) is 14.9. The molecule has 242 valence electrons. The number of para-hydroxylation sites is 1. The first kappa shape index (κ1) is 27.5. The molecule has 0 radical (unpaired) electrons. The lowest BCUT2D eigenvalue weighted by molar-refractivity contribution is 0.668. The number of pyridine rings is 4. The average molecular weight is 668 g/mol. The van der Waals surface area contributed by atoms with Crippen LogP contribution in [0, 0.1) is 0 Å². The number of rotatable bonds is 3. The van der Waals surface area contributed by atoms with E-state index < -0.39 is 0 Å². The number of aromatic nitrogens is 7. The minimum absolute atomic E-state index is 0.781. The Hall–Kier alpha value is -7.32. The van der Waals surface area contributed by atoms with Crippen LogP contribution in [0.4, 0.5) is 0 Å². The first-order chi connectivity index (χ1) is 25.8. The van der Waals surface area contributed by atoms with Crippen LogP contribution in [0.5, 0.6) is 0 Å². The minimum Gasteiger partial charge on any atom is -0.454 e. The molecule has 8 nitrogen and oxygen atoms in total. The topological polar surface area (TPSA) is 79.5 Å². The van der Waals surface area contributed by atoms with Gasteiger partial charge in [0.1, 0.15) is 11.1 Å². The second kappa shape index (κ2) is 10.1. The summed E-state index contributed by atoms with van der Waals surface area (Å²) >= 11 is 0.